The smallest absolute Gasteiger partial charge is 0.462 e. The van der Waals surface area contributed by atoms with Crippen molar-refractivity contribution in [2.45, 2.75) is 154 Å². The molecule has 0 aromatic rings. The summed E-state index contributed by atoms with van der Waals surface area (Å²) in [5.41, 5.74) is 0. The molecule has 12 heteroatoms. The fraction of sp³-hybridized carbons (Fsp3) is 0.636. The lowest BCUT2D eigenvalue weighted by molar-refractivity contribution is -0.161. The van der Waals surface area contributed by atoms with E-state index in [2.05, 4.69) is 60.9 Å². The summed E-state index contributed by atoms with van der Waals surface area (Å²) in [7, 11) is -4.65. The zero-order valence-corrected chi connectivity index (χ0v) is 35.1. The highest BCUT2D eigenvalue weighted by Gasteiger charge is 2.27. The number of esters is 2. The average Bonchev–Trinajstić information content (AvgIpc) is 3.18. The lowest BCUT2D eigenvalue weighted by Gasteiger charge is -2.20. The van der Waals surface area contributed by atoms with Crippen molar-refractivity contribution < 1.29 is 52.9 Å². The Hall–Kier alpha value is -2.89. The normalized spacial score (nSPS) is 15.3. The number of carbonyl (C=O) groups is 2. The van der Waals surface area contributed by atoms with Crippen molar-refractivity contribution in [2.75, 3.05) is 26.4 Å². The number of rotatable bonds is 37. The molecule has 0 saturated heterocycles. The van der Waals surface area contributed by atoms with Gasteiger partial charge in [-0.2, -0.15) is 0 Å². The lowest BCUT2D eigenvalue weighted by atomic mass is 10.1. The standard InChI is InChI=1S/C44H73O11P/c1-3-5-7-9-11-12-13-14-15-16-17-18-23-27-31-35-44(49)55-42(39-54-56(50,51)53-37-41(47)36-45)38-52-43(48)34-30-26-22-20-19-21-25-29-33-40(46)32-28-24-10-8-6-4-2/h5,7,11-12,14-15,20-22,24-25,28-29,33,40-42,45-47H,3-4,6,8-10,13,16-19,23,26-27,30-32,34-39H2,1-2H3,(H,50,51)/b7-5-,12-11-,15-14-,22-20-,25-21-,28-24-,33-29+/t40-,41+,42-/m1/s1. The third kappa shape index (κ3) is 38.0. The van der Waals surface area contributed by atoms with Crippen molar-refractivity contribution in [2.24, 2.45) is 0 Å². The van der Waals surface area contributed by atoms with Crippen LogP contribution < -0.4 is 0 Å². The number of allylic oxidation sites excluding steroid dienone is 12. The number of carbonyl (C=O) groups excluding carboxylic acids is 2. The van der Waals surface area contributed by atoms with E-state index in [0.717, 1.165) is 57.8 Å². The highest BCUT2D eigenvalue weighted by molar-refractivity contribution is 7.47. The Kier molecular flexibility index (Phi) is 36.9. The van der Waals surface area contributed by atoms with Crippen LogP contribution >= 0.6 is 7.82 Å². The Bertz CT molecular complexity index is 1220. The minimum atomic E-state index is -4.65. The van der Waals surface area contributed by atoms with Gasteiger partial charge >= 0.3 is 19.8 Å². The first-order valence-corrected chi connectivity index (χ1v) is 22.1. The molecule has 0 aliphatic heterocycles. The van der Waals surface area contributed by atoms with Crippen molar-refractivity contribution in [1.82, 2.24) is 0 Å². The summed E-state index contributed by atoms with van der Waals surface area (Å²) in [6.07, 6.45) is 41.5. The molecule has 320 valence electrons. The van der Waals surface area contributed by atoms with Crippen LogP contribution in [0.1, 0.15) is 136 Å². The van der Waals surface area contributed by atoms with Crippen LogP contribution in [0, 0.1) is 0 Å². The summed E-state index contributed by atoms with van der Waals surface area (Å²) < 4.78 is 32.5. The predicted molar refractivity (Wildman–Crippen MR) is 225 cm³/mol. The molecule has 0 fully saturated rings. The third-order valence-electron chi connectivity index (χ3n) is 8.11. The Morgan fingerprint density at radius 1 is 0.625 bits per heavy atom. The van der Waals surface area contributed by atoms with Crippen LogP contribution in [0.5, 0.6) is 0 Å². The number of unbranched alkanes of at least 4 members (excludes halogenated alkanes) is 9. The van der Waals surface area contributed by atoms with Crippen LogP contribution in [-0.2, 0) is 32.7 Å². The molecule has 0 rings (SSSR count). The second-order valence-corrected chi connectivity index (χ2v) is 14.9. The van der Waals surface area contributed by atoms with Gasteiger partial charge in [-0.3, -0.25) is 18.6 Å². The van der Waals surface area contributed by atoms with E-state index in [4.69, 9.17) is 19.1 Å². The van der Waals surface area contributed by atoms with E-state index in [9.17, 15) is 29.3 Å². The molecule has 0 saturated carbocycles. The molecule has 0 aliphatic rings. The van der Waals surface area contributed by atoms with Crippen molar-refractivity contribution >= 4 is 19.8 Å². The van der Waals surface area contributed by atoms with Crippen LogP contribution in [0.3, 0.4) is 0 Å². The van der Waals surface area contributed by atoms with Crippen molar-refractivity contribution in [1.29, 1.82) is 0 Å². The molecule has 4 atom stereocenters. The molecular weight excluding hydrogens is 735 g/mol. The largest absolute Gasteiger partial charge is 0.472 e. The van der Waals surface area contributed by atoms with E-state index in [1.165, 1.54) is 19.3 Å². The molecule has 0 aromatic heterocycles. The summed E-state index contributed by atoms with van der Waals surface area (Å²) in [6, 6.07) is 0. The molecule has 0 spiro atoms. The number of hydrogen-bond acceptors (Lipinski definition) is 10. The molecule has 0 radical (unpaired) electrons. The number of aliphatic hydroxyl groups excluding tert-OH is 3. The van der Waals surface area contributed by atoms with E-state index in [1.54, 1.807) is 6.08 Å². The minimum absolute atomic E-state index is 0.125. The molecule has 0 bridgehead atoms. The Balaban J connectivity index is 4.53. The summed E-state index contributed by atoms with van der Waals surface area (Å²) >= 11 is 0. The molecule has 0 amide bonds. The van der Waals surface area contributed by atoms with Crippen LogP contribution in [0.4, 0.5) is 0 Å². The van der Waals surface area contributed by atoms with E-state index >= 15 is 0 Å². The first-order valence-electron chi connectivity index (χ1n) is 20.7. The van der Waals surface area contributed by atoms with E-state index in [-0.39, 0.29) is 19.4 Å². The minimum Gasteiger partial charge on any atom is -0.462 e. The van der Waals surface area contributed by atoms with Crippen molar-refractivity contribution in [3.05, 3.63) is 85.1 Å². The number of phosphoric ester groups is 1. The van der Waals surface area contributed by atoms with Gasteiger partial charge < -0.3 is 29.7 Å². The molecule has 0 aromatic carbocycles. The first-order chi connectivity index (χ1) is 27.1. The van der Waals surface area contributed by atoms with Gasteiger partial charge in [-0.05, 0) is 77.0 Å². The van der Waals surface area contributed by atoms with Crippen molar-refractivity contribution in [3.8, 4) is 0 Å². The van der Waals surface area contributed by atoms with Crippen LogP contribution in [0.15, 0.2) is 85.1 Å². The second kappa shape index (κ2) is 39.0. The highest BCUT2D eigenvalue weighted by atomic mass is 31.2. The fourth-order valence-electron chi connectivity index (χ4n) is 4.91. The topological polar surface area (TPSA) is 169 Å². The van der Waals surface area contributed by atoms with Gasteiger partial charge in [0.25, 0.3) is 0 Å². The van der Waals surface area contributed by atoms with Gasteiger partial charge in [-0.1, -0.05) is 131 Å². The number of ether oxygens (including phenoxy) is 2. The number of hydrogen-bond donors (Lipinski definition) is 4. The zero-order chi connectivity index (χ0) is 41.4. The maximum absolute atomic E-state index is 12.6. The van der Waals surface area contributed by atoms with Gasteiger partial charge in [-0.15, -0.1) is 0 Å². The Morgan fingerprint density at radius 2 is 1.20 bits per heavy atom. The molecule has 0 aliphatic carbocycles. The molecule has 4 N–H and O–H groups in total. The monoisotopic (exact) mass is 808 g/mol. The molecule has 11 nitrogen and oxygen atoms in total. The summed E-state index contributed by atoms with van der Waals surface area (Å²) in [6.45, 7) is 2.03. The Morgan fingerprint density at radius 3 is 1.89 bits per heavy atom. The maximum Gasteiger partial charge on any atom is 0.472 e. The van der Waals surface area contributed by atoms with Gasteiger partial charge in [0, 0.05) is 12.8 Å². The van der Waals surface area contributed by atoms with Gasteiger partial charge in [0.2, 0.25) is 0 Å². The lowest BCUT2D eigenvalue weighted by Crippen LogP contribution is -2.29. The summed E-state index contributed by atoms with van der Waals surface area (Å²) in [4.78, 5) is 34.9. The van der Waals surface area contributed by atoms with Crippen LogP contribution in [-0.4, -0.2) is 76.9 Å². The fourth-order valence-corrected chi connectivity index (χ4v) is 5.70. The van der Waals surface area contributed by atoms with E-state index < -0.39 is 57.9 Å². The quantitative estimate of drug-likeness (QED) is 0.0155. The number of aliphatic hydroxyl groups is 3. The van der Waals surface area contributed by atoms with Gasteiger partial charge in [0.1, 0.15) is 12.7 Å². The van der Waals surface area contributed by atoms with Crippen LogP contribution in [0.25, 0.3) is 0 Å². The van der Waals surface area contributed by atoms with Crippen molar-refractivity contribution in [3.63, 3.8) is 0 Å². The molecule has 1 unspecified atom stereocenters. The second-order valence-electron chi connectivity index (χ2n) is 13.5. The average molecular weight is 809 g/mol. The maximum atomic E-state index is 12.6. The predicted octanol–water partition coefficient (Wildman–Crippen LogP) is 9.63. The summed E-state index contributed by atoms with van der Waals surface area (Å²) in [5.74, 6) is -1.06. The Labute approximate surface area is 337 Å². The molecule has 56 heavy (non-hydrogen) atoms. The van der Waals surface area contributed by atoms with Crippen LogP contribution in [0.2, 0.25) is 0 Å². The molecule has 0 heterocycles. The third-order valence-corrected chi connectivity index (χ3v) is 9.06. The zero-order valence-electron chi connectivity index (χ0n) is 34.2. The number of phosphoric acid groups is 1. The molecular formula is C44H73O11P. The van der Waals surface area contributed by atoms with Gasteiger partial charge in [0.05, 0.1) is 25.9 Å². The van der Waals surface area contributed by atoms with Gasteiger partial charge in [-0.25, -0.2) is 4.57 Å². The van der Waals surface area contributed by atoms with E-state index in [0.29, 0.717) is 32.1 Å². The van der Waals surface area contributed by atoms with E-state index in [1.807, 2.05) is 36.5 Å². The van der Waals surface area contributed by atoms with Gasteiger partial charge in [0.15, 0.2) is 6.10 Å². The SMILES string of the molecule is CC/C=C\C/C=C\C/C=C\CCCCCCCC(=O)O[C@H](COC(=O)CCC/C=C\C/C=C\C=C\[C@H](O)C/C=C\CCCCC)COP(=O)(O)OC[C@@H](O)CO. The highest BCUT2D eigenvalue weighted by Crippen LogP contribution is 2.43. The summed E-state index contributed by atoms with van der Waals surface area (Å²) in [5, 5.41) is 28.3. The first kappa shape index (κ1) is 53.1.